The van der Waals surface area contributed by atoms with Gasteiger partial charge in [-0.25, -0.2) is 4.79 Å². The molecule has 4 rings (SSSR count). The summed E-state index contributed by atoms with van der Waals surface area (Å²) in [6.45, 7) is 5.92. The number of nitrogens with zero attached hydrogens (tertiary/aromatic N) is 5. The molecular formula is C21H26ClN5O2. The average molecular weight is 416 g/mol. The lowest BCUT2D eigenvalue weighted by Crippen LogP contribution is -2.62. The topological polar surface area (TPSA) is 61.7 Å². The fourth-order valence-corrected chi connectivity index (χ4v) is 4.38. The molecule has 0 unspecified atom stereocenters. The minimum atomic E-state index is -0.127. The maximum absolute atomic E-state index is 12.7. The van der Waals surface area contributed by atoms with Gasteiger partial charge in [-0.15, -0.1) is 0 Å². The molecule has 2 amide bonds. The molecule has 1 spiro atoms. The molecule has 0 saturated carbocycles. The molecule has 0 atom stereocenters. The Hall–Kier alpha value is -2.38. The summed E-state index contributed by atoms with van der Waals surface area (Å²) in [6.07, 6.45) is 5.32. The first-order valence-electron chi connectivity index (χ1n) is 9.91. The summed E-state index contributed by atoms with van der Waals surface area (Å²) in [5.41, 5.74) is 2.01. The number of carbonyl (C=O) groups excluding carboxylic acids is 2. The Morgan fingerprint density at radius 1 is 1.21 bits per heavy atom. The quantitative estimate of drug-likeness (QED) is 0.772. The van der Waals surface area contributed by atoms with E-state index >= 15 is 0 Å². The highest BCUT2D eigenvalue weighted by molar-refractivity contribution is 6.31. The van der Waals surface area contributed by atoms with Gasteiger partial charge in [-0.05, 0) is 37.6 Å². The molecule has 0 bridgehead atoms. The second-order valence-electron chi connectivity index (χ2n) is 8.23. The lowest BCUT2D eigenvalue weighted by Gasteiger charge is -2.53. The van der Waals surface area contributed by atoms with Gasteiger partial charge >= 0.3 is 6.03 Å². The van der Waals surface area contributed by atoms with E-state index in [2.05, 4.69) is 16.1 Å². The maximum Gasteiger partial charge on any atom is 0.344 e. The van der Waals surface area contributed by atoms with Crippen LogP contribution in [-0.4, -0.2) is 64.7 Å². The van der Waals surface area contributed by atoms with Crippen molar-refractivity contribution in [3.63, 3.8) is 0 Å². The fourth-order valence-electron chi connectivity index (χ4n) is 4.19. The molecule has 29 heavy (non-hydrogen) atoms. The smallest absolute Gasteiger partial charge is 0.322 e. The van der Waals surface area contributed by atoms with Gasteiger partial charge in [0.05, 0.1) is 18.1 Å². The Labute approximate surface area is 175 Å². The standard InChI is InChI=1S/C21H26ClN5O2/c1-16(28)24(2)18-11-23-27(13-18)20(29)26-14-21(15-26)7-9-25(10-8-21)12-17-5-3-4-6-19(17)22/h3-6,11,13H,7-10,12,14-15H2,1-2H3. The van der Waals surface area contributed by atoms with E-state index in [4.69, 9.17) is 11.6 Å². The van der Waals surface area contributed by atoms with Crippen molar-refractivity contribution in [2.45, 2.75) is 26.3 Å². The van der Waals surface area contributed by atoms with Crippen LogP contribution in [-0.2, 0) is 11.3 Å². The number of amides is 2. The Balaban J connectivity index is 1.29. The minimum absolute atomic E-state index is 0.0940. The molecule has 1 aromatic heterocycles. The van der Waals surface area contributed by atoms with Crippen LogP contribution in [0.5, 0.6) is 0 Å². The van der Waals surface area contributed by atoms with Crippen LogP contribution in [0, 0.1) is 5.41 Å². The molecule has 2 aromatic rings. The molecule has 0 radical (unpaired) electrons. The highest BCUT2D eigenvalue weighted by Crippen LogP contribution is 2.41. The number of hydrogen-bond donors (Lipinski definition) is 0. The van der Waals surface area contributed by atoms with Crippen LogP contribution in [0.4, 0.5) is 10.5 Å². The Morgan fingerprint density at radius 2 is 1.90 bits per heavy atom. The van der Waals surface area contributed by atoms with E-state index in [0.717, 1.165) is 50.6 Å². The Kier molecular flexibility index (Phi) is 5.36. The van der Waals surface area contributed by atoms with Gasteiger partial charge in [0.1, 0.15) is 0 Å². The lowest BCUT2D eigenvalue weighted by molar-refractivity contribution is -0.116. The number of hydrogen-bond acceptors (Lipinski definition) is 4. The van der Waals surface area contributed by atoms with Crippen LogP contribution in [0.3, 0.4) is 0 Å². The van der Waals surface area contributed by atoms with Gasteiger partial charge in [0.2, 0.25) is 5.91 Å². The number of aromatic nitrogens is 2. The van der Waals surface area contributed by atoms with Crippen molar-refractivity contribution in [3.8, 4) is 0 Å². The first-order chi connectivity index (χ1) is 13.9. The van der Waals surface area contributed by atoms with Crippen molar-refractivity contribution in [2.75, 3.05) is 38.1 Å². The third-order valence-electron chi connectivity index (χ3n) is 6.22. The average Bonchev–Trinajstić information content (AvgIpc) is 3.17. The van der Waals surface area contributed by atoms with Gasteiger partial charge < -0.3 is 9.80 Å². The molecule has 1 aromatic carbocycles. The molecule has 0 N–H and O–H groups in total. The van der Waals surface area contributed by atoms with Crippen molar-refractivity contribution >= 4 is 29.2 Å². The monoisotopic (exact) mass is 415 g/mol. The SMILES string of the molecule is CC(=O)N(C)c1cnn(C(=O)N2CC3(CCN(Cc4ccccc4Cl)CC3)C2)c1. The first-order valence-corrected chi connectivity index (χ1v) is 10.3. The van der Waals surface area contributed by atoms with Crippen LogP contribution in [0.2, 0.25) is 5.02 Å². The summed E-state index contributed by atoms with van der Waals surface area (Å²) in [5, 5.41) is 4.96. The lowest BCUT2D eigenvalue weighted by atomic mass is 9.72. The summed E-state index contributed by atoms with van der Waals surface area (Å²) >= 11 is 6.29. The fraction of sp³-hybridized carbons (Fsp3) is 0.476. The first kappa shape index (κ1) is 19.9. The molecular weight excluding hydrogens is 390 g/mol. The number of rotatable bonds is 3. The van der Waals surface area contributed by atoms with Crippen LogP contribution in [0.15, 0.2) is 36.7 Å². The summed E-state index contributed by atoms with van der Waals surface area (Å²) in [6, 6.07) is 7.87. The number of likely N-dealkylation sites (tertiary alicyclic amines) is 2. The van der Waals surface area contributed by atoms with Gasteiger partial charge in [-0.1, -0.05) is 29.8 Å². The zero-order chi connectivity index (χ0) is 20.6. The van der Waals surface area contributed by atoms with Gasteiger partial charge in [-0.3, -0.25) is 9.69 Å². The van der Waals surface area contributed by atoms with Crippen LogP contribution in [0.25, 0.3) is 0 Å². The van der Waals surface area contributed by atoms with Gasteiger partial charge in [0.25, 0.3) is 0 Å². The molecule has 2 fully saturated rings. The van der Waals surface area contributed by atoms with E-state index in [-0.39, 0.29) is 17.4 Å². The van der Waals surface area contributed by atoms with Gasteiger partial charge in [0.15, 0.2) is 0 Å². The van der Waals surface area contributed by atoms with Crippen molar-refractivity contribution in [2.24, 2.45) is 5.41 Å². The predicted molar refractivity (Wildman–Crippen MR) is 112 cm³/mol. The Bertz CT molecular complexity index is 911. The molecule has 2 saturated heterocycles. The summed E-state index contributed by atoms with van der Waals surface area (Å²) in [5.74, 6) is -0.0940. The molecule has 3 heterocycles. The number of carbonyl (C=O) groups is 2. The summed E-state index contributed by atoms with van der Waals surface area (Å²) in [7, 11) is 1.67. The highest BCUT2D eigenvalue weighted by Gasteiger charge is 2.47. The number of piperidine rings is 1. The predicted octanol–water partition coefficient (Wildman–Crippen LogP) is 3.09. The second kappa shape index (κ2) is 7.80. The molecule has 7 nitrogen and oxygen atoms in total. The van der Waals surface area contributed by atoms with Gasteiger partial charge in [0, 0.05) is 44.0 Å². The van der Waals surface area contributed by atoms with E-state index in [1.165, 1.54) is 22.1 Å². The highest BCUT2D eigenvalue weighted by atomic mass is 35.5. The van der Waals surface area contributed by atoms with Gasteiger partial charge in [-0.2, -0.15) is 9.78 Å². The zero-order valence-electron chi connectivity index (χ0n) is 16.8. The van der Waals surface area contributed by atoms with E-state index in [1.807, 2.05) is 23.1 Å². The largest absolute Gasteiger partial charge is 0.344 e. The minimum Gasteiger partial charge on any atom is -0.322 e. The molecule has 0 aliphatic carbocycles. The number of halogens is 1. The molecule has 154 valence electrons. The molecule has 2 aliphatic heterocycles. The van der Waals surface area contributed by atoms with Crippen LogP contribution < -0.4 is 4.90 Å². The van der Waals surface area contributed by atoms with Crippen molar-refractivity contribution in [3.05, 3.63) is 47.2 Å². The van der Waals surface area contributed by atoms with Crippen molar-refractivity contribution in [1.29, 1.82) is 0 Å². The second-order valence-corrected chi connectivity index (χ2v) is 8.63. The maximum atomic E-state index is 12.7. The van der Waals surface area contributed by atoms with Crippen LogP contribution >= 0.6 is 11.6 Å². The van der Waals surface area contributed by atoms with E-state index in [9.17, 15) is 9.59 Å². The normalized spacial score (nSPS) is 18.5. The van der Waals surface area contributed by atoms with Crippen molar-refractivity contribution in [1.82, 2.24) is 19.6 Å². The van der Waals surface area contributed by atoms with E-state index in [1.54, 1.807) is 19.4 Å². The number of anilines is 1. The molecule has 8 heteroatoms. The van der Waals surface area contributed by atoms with Crippen LogP contribution in [0.1, 0.15) is 25.3 Å². The Morgan fingerprint density at radius 3 is 2.55 bits per heavy atom. The zero-order valence-corrected chi connectivity index (χ0v) is 17.6. The third kappa shape index (κ3) is 4.02. The number of benzene rings is 1. The van der Waals surface area contributed by atoms with E-state index in [0.29, 0.717) is 5.69 Å². The third-order valence-corrected chi connectivity index (χ3v) is 6.58. The van der Waals surface area contributed by atoms with E-state index < -0.39 is 0 Å². The van der Waals surface area contributed by atoms with Crippen molar-refractivity contribution < 1.29 is 9.59 Å². The summed E-state index contributed by atoms with van der Waals surface area (Å²) in [4.78, 5) is 29.9. The molecule has 2 aliphatic rings. The summed E-state index contributed by atoms with van der Waals surface area (Å²) < 4.78 is 1.33.